The predicted molar refractivity (Wildman–Crippen MR) is 57.0 cm³/mol. The second-order valence-corrected chi connectivity index (χ2v) is 3.60. The number of pyridine rings is 1. The molecule has 1 rings (SSSR count). The van der Waals surface area contributed by atoms with Crippen LogP contribution in [0.25, 0.3) is 0 Å². The Kier molecular flexibility index (Phi) is 4.25. The number of ether oxygens (including phenoxy) is 1. The summed E-state index contributed by atoms with van der Waals surface area (Å²) in [5, 5.41) is 8.82. The Labute approximate surface area is 96.0 Å². The quantitative estimate of drug-likeness (QED) is 0.785. The van der Waals surface area contributed by atoms with E-state index < -0.39 is 0 Å². The first kappa shape index (κ1) is 11.7. The fourth-order valence-corrected chi connectivity index (χ4v) is 1.57. The summed E-state index contributed by atoms with van der Waals surface area (Å²) in [7, 11) is 0. The molecule has 0 fully saturated rings. The third-order valence-electron chi connectivity index (χ3n) is 1.75. The summed E-state index contributed by atoms with van der Waals surface area (Å²) in [6.45, 7) is 2.08. The van der Waals surface area contributed by atoms with Crippen molar-refractivity contribution in [3.63, 3.8) is 0 Å². The van der Waals surface area contributed by atoms with Gasteiger partial charge in [0.1, 0.15) is 6.07 Å². The largest absolute Gasteiger partial charge is 0.466 e. The molecule has 1 aromatic rings. The van der Waals surface area contributed by atoms with E-state index in [2.05, 4.69) is 20.9 Å². The molecule has 4 nitrogen and oxygen atoms in total. The minimum absolute atomic E-state index is 0.0832. The maximum Gasteiger partial charge on any atom is 0.310 e. The van der Waals surface area contributed by atoms with E-state index in [0.29, 0.717) is 22.2 Å². The number of nitriles is 1. The van der Waals surface area contributed by atoms with E-state index in [1.807, 2.05) is 6.07 Å². The van der Waals surface area contributed by atoms with Crippen LogP contribution in [0.15, 0.2) is 16.9 Å². The maximum atomic E-state index is 11.3. The topological polar surface area (TPSA) is 63.0 Å². The summed E-state index contributed by atoms with van der Waals surface area (Å²) in [5.74, 6) is -0.346. The molecule has 15 heavy (non-hydrogen) atoms. The van der Waals surface area contributed by atoms with E-state index in [4.69, 9.17) is 10.00 Å². The van der Waals surface area contributed by atoms with Crippen molar-refractivity contribution in [1.82, 2.24) is 4.98 Å². The Hall–Kier alpha value is -1.41. The van der Waals surface area contributed by atoms with Gasteiger partial charge in [-0.05, 0) is 28.4 Å². The van der Waals surface area contributed by atoms with Crippen molar-refractivity contribution in [2.45, 2.75) is 13.3 Å². The number of hydrogen-bond acceptors (Lipinski definition) is 4. The molecule has 0 aliphatic carbocycles. The normalized spacial score (nSPS) is 9.40. The average Bonchev–Trinajstić information content (AvgIpc) is 2.21. The Balaban J connectivity index is 2.94. The van der Waals surface area contributed by atoms with Crippen molar-refractivity contribution in [2.75, 3.05) is 6.61 Å². The van der Waals surface area contributed by atoms with Crippen LogP contribution in [0.4, 0.5) is 0 Å². The van der Waals surface area contributed by atoms with E-state index in [9.17, 15) is 4.79 Å². The lowest BCUT2D eigenvalue weighted by atomic mass is 10.1. The molecule has 5 heteroatoms. The molecule has 0 saturated carbocycles. The smallest absolute Gasteiger partial charge is 0.310 e. The minimum Gasteiger partial charge on any atom is -0.466 e. The number of esters is 1. The summed E-state index contributed by atoms with van der Waals surface area (Å²) < 4.78 is 5.46. The third-order valence-corrected chi connectivity index (χ3v) is 2.44. The molecule has 0 radical (unpaired) electrons. The van der Waals surface area contributed by atoms with Crippen LogP contribution in [-0.2, 0) is 16.0 Å². The van der Waals surface area contributed by atoms with Crippen LogP contribution < -0.4 is 0 Å². The molecule has 1 heterocycles. The van der Waals surface area contributed by atoms with Gasteiger partial charge in [0, 0.05) is 16.9 Å². The minimum atomic E-state index is -0.346. The number of carbonyl (C=O) groups excluding carboxylic acids is 1. The van der Waals surface area contributed by atoms with E-state index in [1.165, 1.54) is 6.20 Å². The van der Waals surface area contributed by atoms with Crippen molar-refractivity contribution >= 4 is 21.9 Å². The highest BCUT2D eigenvalue weighted by Crippen LogP contribution is 2.19. The van der Waals surface area contributed by atoms with Gasteiger partial charge in [0.05, 0.1) is 18.6 Å². The molecule has 0 atom stereocenters. The van der Waals surface area contributed by atoms with Gasteiger partial charge in [-0.15, -0.1) is 0 Å². The number of hydrogen-bond donors (Lipinski definition) is 0. The highest BCUT2D eigenvalue weighted by molar-refractivity contribution is 9.10. The lowest BCUT2D eigenvalue weighted by Gasteiger charge is -2.05. The molecule has 1 aromatic heterocycles. The molecule has 0 aliphatic rings. The lowest BCUT2D eigenvalue weighted by molar-refractivity contribution is -0.142. The van der Waals surface area contributed by atoms with E-state index in [-0.39, 0.29) is 12.4 Å². The summed E-state index contributed by atoms with van der Waals surface area (Å²) in [5.41, 5.74) is 1.00. The van der Waals surface area contributed by atoms with Crippen LogP contribution in [0.5, 0.6) is 0 Å². The van der Waals surface area contributed by atoms with Gasteiger partial charge < -0.3 is 4.74 Å². The molecule has 0 aromatic carbocycles. The summed E-state index contributed by atoms with van der Waals surface area (Å²) in [6, 6.07) is 1.98. The van der Waals surface area contributed by atoms with Crippen molar-refractivity contribution in [2.24, 2.45) is 0 Å². The molecule has 0 bridgehead atoms. The Bertz CT molecular complexity index is 412. The van der Waals surface area contributed by atoms with Crippen LogP contribution in [0.1, 0.15) is 18.1 Å². The number of halogens is 1. The van der Waals surface area contributed by atoms with Gasteiger partial charge in [-0.2, -0.15) is 5.26 Å². The molecule has 0 amide bonds. The number of carbonyl (C=O) groups is 1. The van der Waals surface area contributed by atoms with Gasteiger partial charge in [-0.3, -0.25) is 9.78 Å². The first-order valence-corrected chi connectivity index (χ1v) is 5.16. The third kappa shape index (κ3) is 3.03. The molecular weight excluding hydrogens is 260 g/mol. The fourth-order valence-electron chi connectivity index (χ4n) is 1.09. The van der Waals surface area contributed by atoms with Crippen molar-refractivity contribution in [3.05, 3.63) is 28.0 Å². The Morgan fingerprint density at radius 3 is 3.00 bits per heavy atom. The zero-order chi connectivity index (χ0) is 11.3. The van der Waals surface area contributed by atoms with Gasteiger partial charge >= 0.3 is 5.97 Å². The lowest BCUT2D eigenvalue weighted by Crippen LogP contribution is -2.09. The monoisotopic (exact) mass is 268 g/mol. The zero-order valence-electron chi connectivity index (χ0n) is 8.16. The van der Waals surface area contributed by atoms with Gasteiger partial charge in [-0.1, -0.05) is 0 Å². The molecular formula is C10H9BrN2O2. The molecule has 0 unspecified atom stereocenters. The fraction of sp³-hybridized carbons (Fsp3) is 0.300. The van der Waals surface area contributed by atoms with Gasteiger partial charge in [0.2, 0.25) is 0 Å². The number of aromatic nitrogens is 1. The Morgan fingerprint density at radius 2 is 2.40 bits per heavy atom. The highest BCUT2D eigenvalue weighted by Gasteiger charge is 2.12. The standard InChI is InChI=1S/C10H9BrN2O2/c1-2-15-10(14)3-8-7(4-12)5-13-6-9(8)11/h5-6H,2-3H2,1H3. The van der Waals surface area contributed by atoms with Crippen LogP contribution in [-0.4, -0.2) is 17.6 Å². The average molecular weight is 269 g/mol. The van der Waals surface area contributed by atoms with Crippen molar-refractivity contribution in [1.29, 1.82) is 5.26 Å². The predicted octanol–water partition coefficient (Wildman–Crippen LogP) is 1.82. The van der Waals surface area contributed by atoms with Crippen LogP contribution in [0.2, 0.25) is 0 Å². The second-order valence-electron chi connectivity index (χ2n) is 2.74. The van der Waals surface area contributed by atoms with Gasteiger partial charge in [-0.25, -0.2) is 0 Å². The molecule has 78 valence electrons. The van der Waals surface area contributed by atoms with E-state index in [1.54, 1.807) is 13.1 Å². The second kappa shape index (κ2) is 5.47. The zero-order valence-corrected chi connectivity index (χ0v) is 9.74. The molecule has 0 N–H and O–H groups in total. The van der Waals surface area contributed by atoms with Gasteiger partial charge in [0.25, 0.3) is 0 Å². The number of rotatable bonds is 3. The SMILES string of the molecule is CCOC(=O)Cc1c(Br)cncc1C#N. The van der Waals surface area contributed by atoms with Gasteiger partial charge in [0.15, 0.2) is 0 Å². The van der Waals surface area contributed by atoms with Crippen LogP contribution >= 0.6 is 15.9 Å². The molecule has 0 saturated heterocycles. The first-order valence-electron chi connectivity index (χ1n) is 4.37. The summed E-state index contributed by atoms with van der Waals surface area (Å²) in [4.78, 5) is 15.1. The first-order chi connectivity index (χ1) is 7.19. The van der Waals surface area contributed by atoms with Crippen molar-refractivity contribution in [3.8, 4) is 6.07 Å². The highest BCUT2D eigenvalue weighted by atomic mass is 79.9. The molecule has 0 aliphatic heterocycles. The number of nitrogens with zero attached hydrogens (tertiary/aromatic N) is 2. The summed E-state index contributed by atoms with van der Waals surface area (Å²) >= 11 is 3.25. The van der Waals surface area contributed by atoms with Crippen molar-refractivity contribution < 1.29 is 9.53 Å². The summed E-state index contributed by atoms with van der Waals surface area (Å²) in [6.07, 6.45) is 3.06. The maximum absolute atomic E-state index is 11.3. The van der Waals surface area contributed by atoms with Crippen LogP contribution in [0, 0.1) is 11.3 Å². The van der Waals surface area contributed by atoms with Crippen LogP contribution in [0.3, 0.4) is 0 Å². The molecule has 0 spiro atoms. The van der Waals surface area contributed by atoms with E-state index >= 15 is 0 Å². The van der Waals surface area contributed by atoms with E-state index in [0.717, 1.165) is 0 Å². The Morgan fingerprint density at radius 1 is 1.67 bits per heavy atom.